The van der Waals surface area contributed by atoms with E-state index >= 15 is 0 Å². The summed E-state index contributed by atoms with van der Waals surface area (Å²) in [4.78, 5) is 23.3. The van der Waals surface area contributed by atoms with Crippen molar-refractivity contribution in [1.29, 1.82) is 5.26 Å². The second kappa shape index (κ2) is 11.4. The number of nitrogen functional groups attached to an aromatic ring is 1. The molecule has 0 saturated carbocycles. The standard InChI is InChI=1S/C23H28F3N7O3/c1-2-36-19-17(14-27)18(30-21(29)31-19)22(20(28)34,7-4-8-33-9-11-35-12-10-33)32-16-6-3-5-15(13-16)23(24,25)26/h3,5-6,13,32H,2,4,7-12H2,1H3,(H2,28,34)(H2,29,30,31)/t22-/m1/s1. The van der Waals surface area contributed by atoms with Gasteiger partial charge in [-0.2, -0.15) is 23.4 Å². The lowest BCUT2D eigenvalue weighted by Crippen LogP contribution is -2.50. The van der Waals surface area contributed by atoms with Crippen molar-refractivity contribution in [2.75, 3.05) is 50.5 Å². The zero-order valence-electron chi connectivity index (χ0n) is 19.8. The number of alkyl halides is 3. The van der Waals surface area contributed by atoms with Crippen molar-refractivity contribution in [2.24, 2.45) is 5.73 Å². The highest BCUT2D eigenvalue weighted by Gasteiger charge is 2.44. The molecule has 0 aliphatic carbocycles. The Morgan fingerprint density at radius 2 is 2.03 bits per heavy atom. The SMILES string of the molecule is CCOc1nc(N)nc([C@@](CCCN2CCOCC2)(Nc2cccc(C(F)(F)F)c2)C(N)=O)c1C#N. The predicted octanol–water partition coefficient (Wildman–Crippen LogP) is 2.25. The van der Waals surface area contributed by atoms with Crippen LogP contribution in [-0.4, -0.2) is 60.2 Å². The molecule has 36 heavy (non-hydrogen) atoms. The number of aromatic nitrogens is 2. The van der Waals surface area contributed by atoms with Crippen LogP contribution in [0.2, 0.25) is 0 Å². The lowest BCUT2D eigenvalue weighted by Gasteiger charge is -2.34. The first kappa shape index (κ1) is 27.0. The predicted molar refractivity (Wildman–Crippen MR) is 125 cm³/mol. The van der Waals surface area contributed by atoms with Crippen LogP contribution < -0.4 is 21.5 Å². The van der Waals surface area contributed by atoms with E-state index in [-0.39, 0.29) is 41.8 Å². The van der Waals surface area contributed by atoms with Gasteiger partial charge in [0.05, 0.1) is 25.4 Å². The molecule has 5 N–H and O–H groups in total. The normalized spacial score (nSPS) is 16.1. The first-order chi connectivity index (χ1) is 17.1. The van der Waals surface area contributed by atoms with Crippen molar-refractivity contribution < 1.29 is 27.4 Å². The smallest absolute Gasteiger partial charge is 0.416 e. The van der Waals surface area contributed by atoms with E-state index in [1.807, 2.05) is 6.07 Å². The maximum absolute atomic E-state index is 13.4. The average Bonchev–Trinajstić information content (AvgIpc) is 2.83. The maximum atomic E-state index is 13.4. The number of nitrogens with one attached hydrogen (secondary N) is 1. The number of hydrogen-bond donors (Lipinski definition) is 3. The Morgan fingerprint density at radius 3 is 2.64 bits per heavy atom. The van der Waals surface area contributed by atoms with Gasteiger partial charge in [-0.3, -0.25) is 9.69 Å². The molecule has 10 nitrogen and oxygen atoms in total. The number of anilines is 2. The molecule has 1 fully saturated rings. The molecule has 1 amide bonds. The molecular weight excluding hydrogens is 479 g/mol. The molecule has 0 radical (unpaired) electrons. The Kier molecular flexibility index (Phi) is 8.54. The summed E-state index contributed by atoms with van der Waals surface area (Å²) in [6.07, 6.45) is -4.21. The molecular formula is C23H28F3N7O3. The minimum absolute atomic E-state index is 0.00658. The van der Waals surface area contributed by atoms with Crippen molar-refractivity contribution in [3.05, 3.63) is 41.1 Å². The van der Waals surface area contributed by atoms with Crippen LogP contribution in [0.4, 0.5) is 24.8 Å². The number of amides is 1. The van der Waals surface area contributed by atoms with Gasteiger partial charge in [0.2, 0.25) is 17.7 Å². The van der Waals surface area contributed by atoms with Gasteiger partial charge in [-0.15, -0.1) is 0 Å². The summed E-state index contributed by atoms with van der Waals surface area (Å²) in [5.74, 6) is -1.37. The highest BCUT2D eigenvalue weighted by molar-refractivity contribution is 5.90. The van der Waals surface area contributed by atoms with E-state index in [0.29, 0.717) is 39.3 Å². The second-order valence-electron chi connectivity index (χ2n) is 8.19. The lowest BCUT2D eigenvalue weighted by atomic mass is 9.85. The van der Waals surface area contributed by atoms with Crippen molar-refractivity contribution in [1.82, 2.24) is 14.9 Å². The van der Waals surface area contributed by atoms with E-state index in [2.05, 4.69) is 20.2 Å². The number of carbonyl (C=O) groups excluding carboxylic acids is 1. The highest BCUT2D eigenvalue weighted by atomic mass is 19.4. The number of halogens is 3. The number of nitrogens with two attached hydrogens (primary N) is 2. The monoisotopic (exact) mass is 507 g/mol. The van der Waals surface area contributed by atoms with Crippen molar-refractivity contribution in [3.63, 3.8) is 0 Å². The number of nitrogens with zero attached hydrogens (tertiary/aromatic N) is 4. The Morgan fingerprint density at radius 1 is 1.31 bits per heavy atom. The Bertz CT molecular complexity index is 1120. The molecule has 0 unspecified atom stereocenters. The zero-order chi connectivity index (χ0) is 26.3. The molecule has 1 aromatic heterocycles. The van der Waals surface area contributed by atoms with Gasteiger partial charge in [0.15, 0.2) is 5.54 Å². The van der Waals surface area contributed by atoms with E-state index in [0.717, 1.165) is 12.1 Å². The van der Waals surface area contributed by atoms with Crippen LogP contribution in [0.1, 0.15) is 36.6 Å². The topological polar surface area (TPSA) is 152 Å². The first-order valence-corrected chi connectivity index (χ1v) is 11.4. The summed E-state index contributed by atoms with van der Waals surface area (Å²) >= 11 is 0. The van der Waals surface area contributed by atoms with Gasteiger partial charge in [-0.25, -0.2) is 4.98 Å². The molecule has 2 aromatic rings. The Labute approximate surface area is 206 Å². The summed E-state index contributed by atoms with van der Waals surface area (Å²) in [6, 6.07) is 6.28. The zero-order valence-corrected chi connectivity index (χ0v) is 19.8. The number of primary amides is 1. The molecule has 2 heterocycles. The third-order valence-electron chi connectivity index (χ3n) is 5.79. The molecule has 1 aliphatic heterocycles. The van der Waals surface area contributed by atoms with Crippen LogP contribution in [0.15, 0.2) is 24.3 Å². The maximum Gasteiger partial charge on any atom is 0.416 e. The third-order valence-corrected chi connectivity index (χ3v) is 5.79. The van der Waals surface area contributed by atoms with Gasteiger partial charge < -0.3 is 26.3 Å². The second-order valence-corrected chi connectivity index (χ2v) is 8.19. The van der Waals surface area contributed by atoms with Gasteiger partial charge in [0.25, 0.3) is 0 Å². The summed E-state index contributed by atoms with van der Waals surface area (Å²) < 4.78 is 50.9. The summed E-state index contributed by atoms with van der Waals surface area (Å²) in [7, 11) is 0. The van der Waals surface area contributed by atoms with Crippen LogP contribution >= 0.6 is 0 Å². The summed E-state index contributed by atoms with van der Waals surface area (Å²) in [5, 5.41) is 12.8. The van der Waals surface area contributed by atoms with E-state index in [1.165, 1.54) is 12.1 Å². The molecule has 194 valence electrons. The van der Waals surface area contributed by atoms with Crippen molar-refractivity contribution in [3.8, 4) is 11.9 Å². The fourth-order valence-electron chi connectivity index (χ4n) is 4.06. The van der Waals surface area contributed by atoms with E-state index in [1.54, 1.807) is 6.92 Å². The fraction of sp³-hybridized carbons (Fsp3) is 0.478. The number of nitriles is 1. The number of hydrogen-bond acceptors (Lipinski definition) is 9. The number of morpholine rings is 1. The van der Waals surface area contributed by atoms with E-state index < -0.39 is 23.2 Å². The van der Waals surface area contributed by atoms with Gasteiger partial charge in [0.1, 0.15) is 17.3 Å². The van der Waals surface area contributed by atoms with Crippen molar-refractivity contribution >= 4 is 17.5 Å². The van der Waals surface area contributed by atoms with Crippen LogP contribution in [0.5, 0.6) is 5.88 Å². The minimum atomic E-state index is -4.61. The molecule has 3 rings (SSSR count). The van der Waals surface area contributed by atoms with Gasteiger partial charge in [0, 0.05) is 18.8 Å². The van der Waals surface area contributed by atoms with Crippen molar-refractivity contribution in [2.45, 2.75) is 31.5 Å². The van der Waals surface area contributed by atoms with E-state index in [9.17, 15) is 23.2 Å². The quantitative estimate of drug-likeness (QED) is 0.439. The fourth-order valence-corrected chi connectivity index (χ4v) is 4.06. The lowest BCUT2D eigenvalue weighted by molar-refractivity contribution is -0.137. The summed E-state index contributed by atoms with van der Waals surface area (Å²) in [5.41, 5.74) is 8.57. The number of benzene rings is 1. The molecule has 13 heteroatoms. The van der Waals surface area contributed by atoms with Gasteiger partial charge in [-0.1, -0.05) is 6.07 Å². The Balaban J connectivity index is 2.10. The average molecular weight is 508 g/mol. The molecule has 0 spiro atoms. The Hall–Kier alpha value is -3.63. The van der Waals surface area contributed by atoms with Crippen LogP contribution in [-0.2, 0) is 21.2 Å². The first-order valence-electron chi connectivity index (χ1n) is 11.4. The van der Waals surface area contributed by atoms with Crippen LogP contribution in [0.3, 0.4) is 0 Å². The molecule has 1 saturated heterocycles. The molecule has 1 atom stereocenters. The molecule has 1 aliphatic rings. The number of ether oxygens (including phenoxy) is 2. The van der Waals surface area contributed by atoms with E-state index in [4.69, 9.17) is 20.9 Å². The minimum Gasteiger partial charge on any atom is -0.477 e. The molecule has 0 bridgehead atoms. The number of carbonyl (C=O) groups is 1. The van der Waals surface area contributed by atoms with Crippen LogP contribution in [0, 0.1) is 11.3 Å². The van der Waals surface area contributed by atoms with Gasteiger partial charge >= 0.3 is 6.18 Å². The third kappa shape index (κ3) is 6.13. The summed E-state index contributed by atoms with van der Waals surface area (Å²) in [6.45, 7) is 4.91. The highest BCUT2D eigenvalue weighted by Crippen LogP contribution is 2.37. The van der Waals surface area contributed by atoms with Crippen LogP contribution in [0.25, 0.3) is 0 Å². The largest absolute Gasteiger partial charge is 0.477 e. The van der Waals surface area contributed by atoms with Gasteiger partial charge in [-0.05, 0) is 44.5 Å². The number of rotatable bonds is 10. The molecule has 1 aromatic carbocycles.